The van der Waals surface area contributed by atoms with Gasteiger partial charge in [0.25, 0.3) is 0 Å². The van der Waals surface area contributed by atoms with E-state index in [0.29, 0.717) is 6.54 Å². The number of anilines is 1. The number of hydrogen-bond acceptors (Lipinski definition) is 5. The van der Waals surface area contributed by atoms with E-state index < -0.39 is 0 Å². The summed E-state index contributed by atoms with van der Waals surface area (Å²) in [5.74, 6) is 2.44. The summed E-state index contributed by atoms with van der Waals surface area (Å²) in [7, 11) is 4.23. The Hall–Kier alpha value is -3.25. The van der Waals surface area contributed by atoms with Crippen LogP contribution in [0.5, 0.6) is 0 Å². The van der Waals surface area contributed by atoms with Gasteiger partial charge >= 0.3 is 0 Å². The zero-order valence-electron chi connectivity index (χ0n) is 19.6. The molecule has 2 aromatic heterocycles. The number of aromatic nitrogens is 4. The van der Waals surface area contributed by atoms with E-state index in [4.69, 9.17) is 15.0 Å². The fraction of sp³-hybridized carbons (Fsp3) is 0.346. The first-order chi connectivity index (χ1) is 15.3. The second kappa shape index (κ2) is 9.09. The summed E-state index contributed by atoms with van der Waals surface area (Å²) in [6.07, 6.45) is 0. The second-order valence-corrected chi connectivity index (χ2v) is 9.42. The van der Waals surface area contributed by atoms with Gasteiger partial charge < -0.3 is 14.8 Å². The Morgan fingerprint density at radius 1 is 0.906 bits per heavy atom. The Morgan fingerprint density at radius 2 is 1.56 bits per heavy atom. The van der Waals surface area contributed by atoms with E-state index in [1.807, 2.05) is 31.2 Å². The Bertz CT molecular complexity index is 1180. The summed E-state index contributed by atoms with van der Waals surface area (Å²) >= 11 is 0. The largest absolute Gasteiger partial charge is 0.364 e. The van der Waals surface area contributed by atoms with Crippen LogP contribution in [-0.4, -0.2) is 45.1 Å². The lowest BCUT2D eigenvalue weighted by Crippen LogP contribution is -2.32. The zero-order chi connectivity index (χ0) is 22.7. The minimum Gasteiger partial charge on any atom is -0.364 e. The molecule has 0 spiro atoms. The van der Waals surface area contributed by atoms with Gasteiger partial charge in [-0.15, -0.1) is 0 Å². The average molecular weight is 429 g/mol. The molecule has 0 radical (unpaired) electrons. The van der Waals surface area contributed by atoms with Gasteiger partial charge in [-0.1, -0.05) is 74.5 Å². The third-order valence-corrected chi connectivity index (χ3v) is 5.37. The molecular formula is C26H32N6. The van der Waals surface area contributed by atoms with Gasteiger partial charge in [-0.2, -0.15) is 0 Å². The molecule has 0 saturated carbocycles. The van der Waals surface area contributed by atoms with Crippen molar-refractivity contribution in [3.05, 3.63) is 72.1 Å². The van der Waals surface area contributed by atoms with Crippen LogP contribution in [0.1, 0.15) is 25.2 Å². The van der Waals surface area contributed by atoms with Gasteiger partial charge in [-0.05, 0) is 32.0 Å². The first-order valence-electron chi connectivity index (χ1n) is 11.1. The van der Waals surface area contributed by atoms with Crippen LogP contribution in [0.2, 0.25) is 0 Å². The van der Waals surface area contributed by atoms with Crippen molar-refractivity contribution in [1.29, 1.82) is 0 Å². The third kappa shape index (κ3) is 4.97. The Labute approximate surface area is 190 Å². The van der Waals surface area contributed by atoms with Crippen LogP contribution in [0.25, 0.3) is 22.6 Å². The molecule has 2 aromatic carbocycles. The molecule has 4 aromatic rings. The van der Waals surface area contributed by atoms with Crippen LogP contribution in [0.4, 0.5) is 5.82 Å². The monoisotopic (exact) mass is 428 g/mol. The summed E-state index contributed by atoms with van der Waals surface area (Å²) < 4.78 is 2.26. The molecule has 0 amide bonds. The van der Waals surface area contributed by atoms with Crippen molar-refractivity contribution in [3.8, 4) is 11.4 Å². The average Bonchev–Trinajstić information content (AvgIpc) is 3.10. The molecule has 0 atom stereocenters. The highest BCUT2D eigenvalue weighted by Gasteiger charge is 2.25. The highest BCUT2D eigenvalue weighted by molar-refractivity contribution is 5.86. The van der Waals surface area contributed by atoms with Crippen LogP contribution in [0, 0.1) is 12.3 Å². The predicted octanol–water partition coefficient (Wildman–Crippen LogP) is 5.00. The fourth-order valence-electron chi connectivity index (χ4n) is 4.31. The number of imidazole rings is 1. The fourth-order valence-corrected chi connectivity index (χ4v) is 4.31. The maximum absolute atomic E-state index is 5.06. The zero-order valence-corrected chi connectivity index (χ0v) is 19.6. The highest BCUT2D eigenvalue weighted by atomic mass is 15.2. The van der Waals surface area contributed by atoms with Crippen molar-refractivity contribution in [2.45, 2.75) is 33.9 Å². The SMILES string of the molecule is Cc1nc(NCc2ccccc2)c2nc(-c3ccccc3)n(CC(C)(C)CN(C)C)c2n1. The number of fused-ring (bicyclic) bond motifs is 1. The van der Waals surface area contributed by atoms with Gasteiger partial charge in [0.1, 0.15) is 11.6 Å². The number of benzene rings is 2. The Kier molecular flexibility index (Phi) is 6.24. The van der Waals surface area contributed by atoms with E-state index in [-0.39, 0.29) is 5.41 Å². The second-order valence-electron chi connectivity index (χ2n) is 9.42. The van der Waals surface area contributed by atoms with E-state index in [9.17, 15) is 0 Å². The van der Waals surface area contributed by atoms with Crippen LogP contribution in [0.3, 0.4) is 0 Å². The van der Waals surface area contributed by atoms with Crippen LogP contribution in [-0.2, 0) is 13.1 Å². The van der Waals surface area contributed by atoms with Crippen molar-refractivity contribution >= 4 is 17.0 Å². The van der Waals surface area contributed by atoms with Gasteiger partial charge in [-0.3, -0.25) is 0 Å². The molecule has 6 heteroatoms. The van der Waals surface area contributed by atoms with E-state index in [0.717, 1.165) is 47.3 Å². The summed E-state index contributed by atoms with van der Waals surface area (Å²) in [4.78, 5) is 16.8. The summed E-state index contributed by atoms with van der Waals surface area (Å²) in [6.45, 7) is 8.97. The minimum atomic E-state index is 0.0388. The van der Waals surface area contributed by atoms with E-state index in [1.54, 1.807) is 0 Å². The third-order valence-electron chi connectivity index (χ3n) is 5.37. The Morgan fingerprint density at radius 3 is 2.22 bits per heavy atom. The van der Waals surface area contributed by atoms with Gasteiger partial charge in [0.15, 0.2) is 17.0 Å². The van der Waals surface area contributed by atoms with Crippen molar-refractivity contribution in [2.75, 3.05) is 26.0 Å². The van der Waals surface area contributed by atoms with Crippen molar-refractivity contribution in [3.63, 3.8) is 0 Å². The molecule has 1 N–H and O–H groups in total. The van der Waals surface area contributed by atoms with Crippen molar-refractivity contribution in [2.24, 2.45) is 5.41 Å². The van der Waals surface area contributed by atoms with Gasteiger partial charge in [0, 0.05) is 25.2 Å². The molecule has 166 valence electrons. The standard InChI is InChI=1S/C26H32N6/c1-19-28-23(27-16-20-12-8-6-9-13-20)22-25(29-19)32(18-26(2,3)17-31(4)5)24(30-22)21-14-10-7-11-15-21/h6-15H,16-18H2,1-5H3,(H,27,28,29). The van der Waals surface area contributed by atoms with Crippen LogP contribution in [0.15, 0.2) is 60.7 Å². The summed E-state index contributed by atoms with van der Waals surface area (Å²) in [6, 6.07) is 20.7. The first kappa shape index (κ1) is 22.0. The topological polar surface area (TPSA) is 58.9 Å². The van der Waals surface area contributed by atoms with Gasteiger partial charge in [0.05, 0.1) is 0 Å². The van der Waals surface area contributed by atoms with Crippen LogP contribution < -0.4 is 5.32 Å². The smallest absolute Gasteiger partial charge is 0.166 e. The van der Waals surface area contributed by atoms with Gasteiger partial charge in [-0.25, -0.2) is 15.0 Å². The molecule has 2 heterocycles. The molecule has 0 aliphatic rings. The van der Waals surface area contributed by atoms with Gasteiger partial charge in [0.2, 0.25) is 0 Å². The lowest BCUT2D eigenvalue weighted by Gasteiger charge is -2.29. The highest BCUT2D eigenvalue weighted by Crippen LogP contribution is 2.31. The number of rotatable bonds is 8. The molecule has 4 rings (SSSR count). The summed E-state index contributed by atoms with van der Waals surface area (Å²) in [5.41, 5.74) is 4.01. The molecule has 0 fully saturated rings. The molecule has 0 saturated heterocycles. The Balaban J connectivity index is 1.81. The molecule has 0 unspecified atom stereocenters. The summed E-state index contributed by atoms with van der Waals surface area (Å²) in [5, 5.41) is 3.50. The molecule has 0 aliphatic carbocycles. The normalized spacial score (nSPS) is 11.9. The maximum atomic E-state index is 5.06. The van der Waals surface area contributed by atoms with E-state index in [2.05, 4.69) is 79.1 Å². The molecule has 0 aliphatic heterocycles. The number of hydrogen-bond donors (Lipinski definition) is 1. The molecular weight excluding hydrogens is 396 g/mol. The number of nitrogens with one attached hydrogen (secondary N) is 1. The van der Waals surface area contributed by atoms with Crippen molar-refractivity contribution in [1.82, 2.24) is 24.4 Å². The first-order valence-corrected chi connectivity index (χ1v) is 11.1. The van der Waals surface area contributed by atoms with E-state index >= 15 is 0 Å². The number of nitrogens with zero attached hydrogens (tertiary/aromatic N) is 5. The molecule has 0 bridgehead atoms. The van der Waals surface area contributed by atoms with Crippen molar-refractivity contribution < 1.29 is 0 Å². The molecule has 32 heavy (non-hydrogen) atoms. The molecule has 6 nitrogen and oxygen atoms in total. The maximum Gasteiger partial charge on any atom is 0.166 e. The van der Waals surface area contributed by atoms with E-state index in [1.165, 1.54) is 5.56 Å². The minimum absolute atomic E-state index is 0.0388. The lowest BCUT2D eigenvalue weighted by molar-refractivity contribution is 0.213. The number of aryl methyl sites for hydroxylation is 1. The predicted molar refractivity (Wildman–Crippen MR) is 132 cm³/mol. The van der Waals surface area contributed by atoms with Crippen LogP contribution >= 0.6 is 0 Å². The lowest BCUT2D eigenvalue weighted by atomic mass is 9.92. The quantitative estimate of drug-likeness (QED) is 0.428.